The molecule has 20 heavy (non-hydrogen) atoms. The number of likely N-dealkylation sites (N-methyl/N-ethyl adjacent to an activating group) is 1. The van der Waals surface area contributed by atoms with Crippen molar-refractivity contribution in [2.24, 2.45) is 0 Å². The fourth-order valence-corrected chi connectivity index (χ4v) is 1.95. The first-order chi connectivity index (χ1) is 9.63. The zero-order valence-corrected chi connectivity index (χ0v) is 12.5. The predicted octanol–water partition coefficient (Wildman–Crippen LogP) is 2.31. The first-order valence-corrected chi connectivity index (χ1v) is 7.03. The molecule has 112 valence electrons. The molecule has 0 unspecified atom stereocenters. The zero-order valence-electron chi connectivity index (χ0n) is 12.5. The molecule has 0 aliphatic rings. The van der Waals surface area contributed by atoms with Gasteiger partial charge in [-0.25, -0.2) is 4.79 Å². The Bertz CT molecular complexity index is 435. The van der Waals surface area contributed by atoms with Gasteiger partial charge in [0.15, 0.2) is 0 Å². The molecule has 0 aliphatic heterocycles. The van der Waals surface area contributed by atoms with Crippen molar-refractivity contribution in [1.29, 1.82) is 0 Å². The molecule has 1 rings (SSSR count). The summed E-state index contributed by atoms with van der Waals surface area (Å²) in [6, 6.07) is 5.26. The monoisotopic (exact) mass is 280 g/mol. The molecule has 0 aromatic heterocycles. The lowest BCUT2D eigenvalue weighted by Gasteiger charge is -2.24. The van der Waals surface area contributed by atoms with Crippen molar-refractivity contribution in [3.8, 4) is 0 Å². The van der Waals surface area contributed by atoms with Gasteiger partial charge in [-0.1, -0.05) is 0 Å². The van der Waals surface area contributed by atoms with Crippen molar-refractivity contribution < 1.29 is 14.3 Å². The lowest BCUT2D eigenvalue weighted by atomic mass is 10.1. The summed E-state index contributed by atoms with van der Waals surface area (Å²) in [6.07, 6.45) is 0. The van der Waals surface area contributed by atoms with E-state index in [4.69, 9.17) is 15.2 Å². The second kappa shape index (κ2) is 8.43. The highest BCUT2D eigenvalue weighted by atomic mass is 16.5. The molecule has 5 nitrogen and oxygen atoms in total. The number of hydrogen-bond donors (Lipinski definition) is 1. The summed E-state index contributed by atoms with van der Waals surface area (Å²) in [5, 5.41) is 0. The molecular weight excluding hydrogens is 256 g/mol. The fourth-order valence-electron chi connectivity index (χ4n) is 1.95. The smallest absolute Gasteiger partial charge is 0.338 e. The van der Waals surface area contributed by atoms with Gasteiger partial charge in [-0.05, 0) is 39.0 Å². The Morgan fingerprint density at radius 3 is 2.55 bits per heavy atom. The Morgan fingerprint density at radius 2 is 2.00 bits per heavy atom. The molecule has 2 N–H and O–H groups in total. The standard InChI is InChI=1S/C15H24N2O3/c1-4-17(9-10-19-5-2)14-8-7-12(11-13(14)16)15(18)20-6-3/h7-8,11H,4-6,9-10,16H2,1-3H3. The summed E-state index contributed by atoms with van der Waals surface area (Å²) in [4.78, 5) is 13.8. The summed E-state index contributed by atoms with van der Waals surface area (Å²) < 4.78 is 10.3. The van der Waals surface area contributed by atoms with Crippen molar-refractivity contribution >= 4 is 17.3 Å². The Hall–Kier alpha value is -1.75. The van der Waals surface area contributed by atoms with Gasteiger partial charge in [0.25, 0.3) is 0 Å². The van der Waals surface area contributed by atoms with Crippen LogP contribution in [-0.4, -0.2) is 38.9 Å². The number of carbonyl (C=O) groups is 1. The van der Waals surface area contributed by atoms with Gasteiger partial charge in [-0.15, -0.1) is 0 Å². The number of carbonyl (C=O) groups excluding carboxylic acids is 1. The number of ether oxygens (including phenoxy) is 2. The van der Waals surface area contributed by atoms with E-state index in [1.165, 1.54) is 0 Å². The second-order valence-corrected chi connectivity index (χ2v) is 4.27. The van der Waals surface area contributed by atoms with E-state index in [0.29, 0.717) is 31.1 Å². The molecule has 1 aromatic carbocycles. The van der Waals surface area contributed by atoms with Crippen LogP contribution in [0.3, 0.4) is 0 Å². The molecule has 0 radical (unpaired) electrons. The minimum absolute atomic E-state index is 0.344. The Morgan fingerprint density at radius 1 is 1.25 bits per heavy atom. The molecule has 0 atom stereocenters. The third kappa shape index (κ3) is 4.42. The van der Waals surface area contributed by atoms with Gasteiger partial charge < -0.3 is 20.1 Å². The average Bonchev–Trinajstić information content (AvgIpc) is 2.44. The number of rotatable bonds is 8. The maximum atomic E-state index is 11.6. The Kier molecular flexibility index (Phi) is 6.87. The van der Waals surface area contributed by atoms with Crippen molar-refractivity contribution in [1.82, 2.24) is 0 Å². The molecule has 0 bridgehead atoms. The molecule has 0 heterocycles. The minimum Gasteiger partial charge on any atom is -0.462 e. The van der Waals surface area contributed by atoms with E-state index in [-0.39, 0.29) is 5.97 Å². The van der Waals surface area contributed by atoms with Gasteiger partial charge in [0.2, 0.25) is 0 Å². The van der Waals surface area contributed by atoms with E-state index < -0.39 is 0 Å². The van der Waals surface area contributed by atoms with Gasteiger partial charge >= 0.3 is 5.97 Å². The van der Waals surface area contributed by atoms with Crippen molar-refractivity contribution in [2.45, 2.75) is 20.8 Å². The van der Waals surface area contributed by atoms with E-state index in [2.05, 4.69) is 11.8 Å². The van der Waals surface area contributed by atoms with Gasteiger partial charge in [-0.2, -0.15) is 0 Å². The summed E-state index contributed by atoms with van der Waals surface area (Å²) in [5.41, 5.74) is 8.02. The maximum Gasteiger partial charge on any atom is 0.338 e. The molecular formula is C15H24N2O3. The van der Waals surface area contributed by atoms with Gasteiger partial charge in [0.1, 0.15) is 0 Å². The van der Waals surface area contributed by atoms with Crippen molar-refractivity contribution in [3.63, 3.8) is 0 Å². The third-order valence-electron chi connectivity index (χ3n) is 2.97. The highest BCUT2D eigenvalue weighted by Gasteiger charge is 2.12. The highest BCUT2D eigenvalue weighted by Crippen LogP contribution is 2.24. The highest BCUT2D eigenvalue weighted by molar-refractivity contribution is 5.92. The molecule has 1 aromatic rings. The first-order valence-electron chi connectivity index (χ1n) is 7.03. The van der Waals surface area contributed by atoms with Crippen LogP contribution in [0.25, 0.3) is 0 Å². The van der Waals surface area contributed by atoms with E-state index in [9.17, 15) is 4.79 Å². The third-order valence-corrected chi connectivity index (χ3v) is 2.97. The van der Waals surface area contributed by atoms with Crippen LogP contribution in [0.15, 0.2) is 18.2 Å². The lowest BCUT2D eigenvalue weighted by Crippen LogP contribution is -2.28. The predicted molar refractivity (Wildman–Crippen MR) is 81.2 cm³/mol. The molecule has 5 heteroatoms. The largest absolute Gasteiger partial charge is 0.462 e. The van der Waals surface area contributed by atoms with Crippen LogP contribution in [0.4, 0.5) is 11.4 Å². The van der Waals surface area contributed by atoms with Crippen LogP contribution in [0, 0.1) is 0 Å². The first kappa shape index (κ1) is 16.3. The Labute approximate surface area is 120 Å². The van der Waals surface area contributed by atoms with E-state index in [1.54, 1.807) is 19.1 Å². The number of benzene rings is 1. The number of anilines is 2. The molecule has 0 saturated heterocycles. The zero-order chi connectivity index (χ0) is 15.0. The van der Waals surface area contributed by atoms with Crippen LogP contribution >= 0.6 is 0 Å². The number of nitrogens with zero attached hydrogens (tertiary/aromatic N) is 1. The summed E-state index contributed by atoms with van der Waals surface area (Å²) in [6.45, 7) is 9.13. The molecule has 0 amide bonds. The molecule has 0 saturated carbocycles. The van der Waals surface area contributed by atoms with Crippen molar-refractivity contribution in [3.05, 3.63) is 23.8 Å². The van der Waals surface area contributed by atoms with Crippen LogP contribution in [0.2, 0.25) is 0 Å². The molecule has 0 aliphatic carbocycles. The Balaban J connectivity index is 2.82. The summed E-state index contributed by atoms with van der Waals surface area (Å²) in [7, 11) is 0. The number of hydrogen-bond acceptors (Lipinski definition) is 5. The quantitative estimate of drug-likeness (QED) is 0.450. The van der Waals surface area contributed by atoms with E-state index >= 15 is 0 Å². The second-order valence-electron chi connectivity index (χ2n) is 4.27. The van der Waals surface area contributed by atoms with Gasteiger partial charge in [0, 0.05) is 19.7 Å². The topological polar surface area (TPSA) is 64.8 Å². The van der Waals surface area contributed by atoms with Crippen LogP contribution < -0.4 is 10.6 Å². The van der Waals surface area contributed by atoms with E-state index in [0.717, 1.165) is 18.8 Å². The SMILES string of the molecule is CCOCCN(CC)c1ccc(C(=O)OCC)cc1N. The number of nitrogen functional groups attached to an aromatic ring is 1. The van der Waals surface area contributed by atoms with E-state index in [1.807, 2.05) is 13.0 Å². The molecule has 0 fully saturated rings. The van der Waals surface area contributed by atoms with Crippen molar-refractivity contribution in [2.75, 3.05) is 43.5 Å². The lowest BCUT2D eigenvalue weighted by molar-refractivity contribution is 0.0526. The summed E-state index contributed by atoms with van der Waals surface area (Å²) >= 11 is 0. The van der Waals surface area contributed by atoms with Crippen LogP contribution in [0.5, 0.6) is 0 Å². The summed E-state index contributed by atoms with van der Waals surface area (Å²) in [5.74, 6) is -0.344. The average molecular weight is 280 g/mol. The van der Waals surface area contributed by atoms with Crippen LogP contribution in [0.1, 0.15) is 31.1 Å². The van der Waals surface area contributed by atoms with Gasteiger partial charge in [0.05, 0.1) is 30.2 Å². The van der Waals surface area contributed by atoms with Gasteiger partial charge in [-0.3, -0.25) is 0 Å². The number of nitrogens with two attached hydrogens (primary N) is 1. The number of esters is 1. The fraction of sp³-hybridized carbons (Fsp3) is 0.533. The normalized spacial score (nSPS) is 10.3. The molecule has 0 spiro atoms. The minimum atomic E-state index is -0.344. The maximum absolute atomic E-state index is 11.6. The van der Waals surface area contributed by atoms with Crippen LogP contribution in [-0.2, 0) is 9.47 Å².